The zero-order valence-corrected chi connectivity index (χ0v) is 10.7. The number of nitrogens with one attached hydrogen (secondary N) is 1. The molecule has 0 saturated carbocycles. The molecular weight excluding hydrogens is 256 g/mol. The maximum Gasteiger partial charge on any atom is 0.149 e. The van der Waals surface area contributed by atoms with E-state index in [1.54, 1.807) is 0 Å². The highest BCUT2D eigenvalue weighted by Gasteiger charge is 2.03. The molecule has 0 spiro atoms. The second-order valence-corrected chi connectivity index (χ2v) is 4.66. The van der Waals surface area contributed by atoms with Gasteiger partial charge >= 0.3 is 0 Å². The summed E-state index contributed by atoms with van der Waals surface area (Å²) >= 11 is 0. The van der Waals surface area contributed by atoms with Crippen LogP contribution in [0.15, 0.2) is 60.7 Å². The van der Waals surface area contributed by atoms with Crippen LogP contribution in [0.3, 0.4) is 0 Å². The molecule has 0 aliphatic rings. The lowest BCUT2D eigenvalue weighted by Crippen LogP contribution is -2.01. The largest absolute Gasteiger partial charge is 0.379 e. The van der Waals surface area contributed by atoms with E-state index in [0.29, 0.717) is 12.2 Å². The number of hydrogen-bond donors (Lipinski definition) is 1. The third-order valence-electron chi connectivity index (χ3n) is 3.23. The van der Waals surface area contributed by atoms with E-state index in [1.165, 1.54) is 17.5 Å². The van der Waals surface area contributed by atoms with Crippen molar-refractivity contribution in [3.05, 3.63) is 77.9 Å². The van der Waals surface area contributed by atoms with Crippen LogP contribution >= 0.6 is 0 Å². The number of benzene rings is 3. The molecule has 1 N–H and O–H groups in total. The third-order valence-corrected chi connectivity index (χ3v) is 3.23. The molecule has 0 aromatic heterocycles. The molecule has 0 unspecified atom stereocenters. The van der Waals surface area contributed by atoms with Gasteiger partial charge in [-0.05, 0) is 34.5 Å². The molecule has 0 heterocycles. The van der Waals surface area contributed by atoms with Crippen molar-refractivity contribution < 1.29 is 8.78 Å². The van der Waals surface area contributed by atoms with Gasteiger partial charge in [-0.25, -0.2) is 8.78 Å². The topological polar surface area (TPSA) is 12.0 Å². The third kappa shape index (κ3) is 2.62. The zero-order chi connectivity index (χ0) is 13.9. The van der Waals surface area contributed by atoms with Crippen LogP contribution in [0.5, 0.6) is 0 Å². The minimum Gasteiger partial charge on any atom is -0.379 e. The number of fused-ring (bicyclic) bond motifs is 1. The molecule has 0 saturated heterocycles. The van der Waals surface area contributed by atoms with Gasteiger partial charge in [-0.1, -0.05) is 36.4 Å². The van der Waals surface area contributed by atoms with Crippen molar-refractivity contribution in [2.24, 2.45) is 0 Å². The number of halogens is 2. The highest BCUT2D eigenvalue weighted by Crippen LogP contribution is 2.19. The van der Waals surface area contributed by atoms with Gasteiger partial charge in [0, 0.05) is 12.6 Å². The van der Waals surface area contributed by atoms with Crippen LogP contribution < -0.4 is 5.32 Å². The summed E-state index contributed by atoms with van der Waals surface area (Å²) in [5.41, 5.74) is 1.35. The molecule has 3 heteroatoms. The smallest absolute Gasteiger partial charge is 0.149 e. The van der Waals surface area contributed by atoms with Crippen molar-refractivity contribution in [3.8, 4) is 0 Å². The van der Waals surface area contributed by atoms with Gasteiger partial charge in [-0.15, -0.1) is 0 Å². The van der Waals surface area contributed by atoms with Crippen LogP contribution in [0.4, 0.5) is 14.5 Å². The summed E-state index contributed by atoms with van der Waals surface area (Å²) in [5.74, 6) is -1.15. The summed E-state index contributed by atoms with van der Waals surface area (Å²) in [6.45, 7) is 0.493. The first-order chi connectivity index (χ1) is 9.72. The van der Waals surface area contributed by atoms with Gasteiger partial charge in [0.2, 0.25) is 0 Å². The first-order valence-electron chi connectivity index (χ1n) is 6.39. The van der Waals surface area contributed by atoms with E-state index in [4.69, 9.17) is 0 Å². The Bertz CT molecular complexity index is 753. The lowest BCUT2D eigenvalue weighted by molar-refractivity contribution is 0.585. The van der Waals surface area contributed by atoms with Crippen molar-refractivity contribution in [3.63, 3.8) is 0 Å². The van der Waals surface area contributed by atoms with Crippen LogP contribution in [-0.2, 0) is 6.54 Å². The molecule has 0 bridgehead atoms. The van der Waals surface area contributed by atoms with E-state index in [9.17, 15) is 8.78 Å². The number of rotatable bonds is 3. The molecule has 3 aromatic rings. The quantitative estimate of drug-likeness (QED) is 0.724. The molecule has 100 valence electrons. The van der Waals surface area contributed by atoms with Gasteiger partial charge in [0.05, 0.1) is 5.69 Å². The van der Waals surface area contributed by atoms with E-state index < -0.39 is 11.6 Å². The Morgan fingerprint density at radius 1 is 0.800 bits per heavy atom. The predicted octanol–water partition coefficient (Wildman–Crippen LogP) is 4.73. The normalized spacial score (nSPS) is 10.7. The van der Waals surface area contributed by atoms with Gasteiger partial charge < -0.3 is 5.32 Å². The van der Waals surface area contributed by atoms with E-state index in [1.807, 2.05) is 36.4 Å². The Balaban J connectivity index is 1.79. The summed E-state index contributed by atoms with van der Waals surface area (Å²) < 4.78 is 26.3. The molecule has 0 atom stereocenters. The molecule has 20 heavy (non-hydrogen) atoms. The monoisotopic (exact) mass is 269 g/mol. The van der Waals surface area contributed by atoms with Crippen molar-refractivity contribution >= 4 is 16.5 Å². The van der Waals surface area contributed by atoms with Crippen LogP contribution in [0.1, 0.15) is 5.56 Å². The predicted molar refractivity (Wildman–Crippen MR) is 77.6 cm³/mol. The molecule has 3 aromatic carbocycles. The molecule has 0 fully saturated rings. The Hall–Kier alpha value is -2.42. The summed E-state index contributed by atoms with van der Waals surface area (Å²) in [4.78, 5) is 0. The van der Waals surface area contributed by atoms with E-state index in [2.05, 4.69) is 11.4 Å². The highest BCUT2D eigenvalue weighted by molar-refractivity contribution is 5.83. The second-order valence-electron chi connectivity index (χ2n) is 4.66. The summed E-state index contributed by atoms with van der Waals surface area (Å²) in [6, 6.07) is 17.7. The molecular formula is C17H13F2N. The zero-order valence-electron chi connectivity index (χ0n) is 10.7. The van der Waals surface area contributed by atoms with Crippen molar-refractivity contribution in [1.82, 2.24) is 0 Å². The molecule has 3 rings (SSSR count). The molecule has 0 aliphatic heterocycles. The van der Waals surface area contributed by atoms with Crippen molar-refractivity contribution in [2.45, 2.75) is 6.54 Å². The fourth-order valence-corrected chi connectivity index (χ4v) is 2.18. The Kier molecular flexibility index (Phi) is 3.33. The maximum absolute atomic E-state index is 13.5. The van der Waals surface area contributed by atoms with Crippen LogP contribution in [-0.4, -0.2) is 0 Å². The van der Waals surface area contributed by atoms with E-state index >= 15 is 0 Å². The summed E-state index contributed by atoms with van der Waals surface area (Å²) in [6.07, 6.45) is 0. The average molecular weight is 269 g/mol. The van der Waals surface area contributed by atoms with E-state index in [-0.39, 0.29) is 0 Å². The number of hydrogen-bond acceptors (Lipinski definition) is 1. The molecule has 0 amide bonds. The molecule has 0 aliphatic carbocycles. The average Bonchev–Trinajstić information content (AvgIpc) is 2.46. The Labute approximate surface area is 115 Å². The second kappa shape index (κ2) is 5.29. The SMILES string of the molecule is Fc1ccc(NCc2ccc3ccccc3c2)c(F)c1. The fraction of sp³-hybridized carbons (Fsp3) is 0.0588. The minimum atomic E-state index is -0.578. The highest BCUT2D eigenvalue weighted by atomic mass is 19.1. The lowest BCUT2D eigenvalue weighted by Gasteiger charge is -2.08. The lowest BCUT2D eigenvalue weighted by atomic mass is 10.1. The first kappa shape index (κ1) is 12.6. The van der Waals surface area contributed by atoms with Crippen molar-refractivity contribution in [1.29, 1.82) is 0 Å². The van der Waals surface area contributed by atoms with Gasteiger partial charge in [0.15, 0.2) is 0 Å². The fourth-order valence-electron chi connectivity index (χ4n) is 2.18. The van der Waals surface area contributed by atoms with Gasteiger partial charge in [0.1, 0.15) is 11.6 Å². The Morgan fingerprint density at radius 3 is 2.40 bits per heavy atom. The standard InChI is InChI=1S/C17H13F2N/c18-15-7-8-17(16(19)10-15)20-11-12-5-6-13-3-1-2-4-14(13)9-12/h1-10,20H,11H2. The molecule has 1 nitrogen and oxygen atoms in total. The van der Waals surface area contributed by atoms with E-state index in [0.717, 1.165) is 17.0 Å². The van der Waals surface area contributed by atoms with Crippen LogP contribution in [0, 0.1) is 11.6 Å². The van der Waals surface area contributed by atoms with Gasteiger partial charge in [-0.2, -0.15) is 0 Å². The Morgan fingerprint density at radius 2 is 1.60 bits per heavy atom. The summed E-state index contributed by atoms with van der Waals surface area (Å²) in [5, 5.41) is 5.29. The number of anilines is 1. The summed E-state index contributed by atoms with van der Waals surface area (Å²) in [7, 11) is 0. The van der Waals surface area contributed by atoms with Gasteiger partial charge in [0.25, 0.3) is 0 Å². The van der Waals surface area contributed by atoms with Crippen LogP contribution in [0.2, 0.25) is 0 Å². The van der Waals surface area contributed by atoms with Crippen LogP contribution in [0.25, 0.3) is 10.8 Å². The van der Waals surface area contributed by atoms with Gasteiger partial charge in [-0.3, -0.25) is 0 Å². The van der Waals surface area contributed by atoms with Crippen molar-refractivity contribution in [2.75, 3.05) is 5.32 Å². The maximum atomic E-state index is 13.5. The minimum absolute atomic E-state index is 0.305. The molecule has 0 radical (unpaired) electrons. The first-order valence-corrected chi connectivity index (χ1v) is 6.39.